The fourth-order valence-electron chi connectivity index (χ4n) is 3.04. The first-order valence-electron chi connectivity index (χ1n) is 5.60. The Morgan fingerprint density at radius 3 is 1.87 bits per heavy atom. The third kappa shape index (κ3) is 1.69. The zero-order chi connectivity index (χ0) is 11.9. The van der Waals surface area contributed by atoms with E-state index in [2.05, 4.69) is 0 Å². The SMILES string of the molecule is CC1(C)CCCC(C)(C)[N+]1(O)C(O)CO. The molecule has 1 aliphatic rings. The second-order valence-electron chi connectivity index (χ2n) is 5.83. The van der Waals surface area contributed by atoms with Crippen LogP contribution in [0.5, 0.6) is 0 Å². The molecule has 3 N–H and O–H groups in total. The number of aliphatic hydroxyl groups excluding tert-OH is 2. The highest BCUT2D eigenvalue weighted by molar-refractivity contribution is 4.84. The number of likely N-dealkylation sites (tertiary alicyclic amines) is 1. The number of piperidine rings is 1. The van der Waals surface area contributed by atoms with Gasteiger partial charge in [0.05, 0.1) is 0 Å². The summed E-state index contributed by atoms with van der Waals surface area (Å²) in [5.74, 6) is 0. The monoisotopic (exact) mass is 218 g/mol. The van der Waals surface area contributed by atoms with E-state index in [1.165, 1.54) is 0 Å². The highest BCUT2D eigenvalue weighted by atomic mass is 16.6. The summed E-state index contributed by atoms with van der Waals surface area (Å²) >= 11 is 0. The molecule has 1 unspecified atom stereocenters. The molecular weight excluding hydrogens is 194 g/mol. The fourth-order valence-corrected chi connectivity index (χ4v) is 3.04. The predicted molar refractivity (Wildman–Crippen MR) is 57.1 cm³/mol. The Kier molecular flexibility index (Phi) is 3.18. The van der Waals surface area contributed by atoms with Gasteiger partial charge >= 0.3 is 0 Å². The third-order valence-corrected chi connectivity index (χ3v) is 4.02. The van der Waals surface area contributed by atoms with Gasteiger partial charge in [0.25, 0.3) is 0 Å². The Bertz CT molecular complexity index is 222. The summed E-state index contributed by atoms with van der Waals surface area (Å²) in [6.45, 7) is 7.34. The van der Waals surface area contributed by atoms with Crippen LogP contribution in [0.1, 0.15) is 47.0 Å². The fraction of sp³-hybridized carbons (Fsp3) is 1.00. The smallest absolute Gasteiger partial charge is 0.245 e. The van der Waals surface area contributed by atoms with E-state index in [4.69, 9.17) is 5.11 Å². The van der Waals surface area contributed by atoms with Crippen molar-refractivity contribution in [3.8, 4) is 0 Å². The van der Waals surface area contributed by atoms with Crippen molar-refractivity contribution in [1.29, 1.82) is 0 Å². The van der Waals surface area contributed by atoms with Crippen molar-refractivity contribution >= 4 is 0 Å². The molecule has 0 radical (unpaired) electrons. The first-order valence-corrected chi connectivity index (χ1v) is 5.60. The number of nitrogens with zero attached hydrogens (tertiary/aromatic N) is 1. The second kappa shape index (κ2) is 3.70. The quantitative estimate of drug-likeness (QED) is 0.611. The van der Waals surface area contributed by atoms with Crippen LogP contribution in [0, 0.1) is 0 Å². The van der Waals surface area contributed by atoms with Gasteiger partial charge in [0.2, 0.25) is 6.23 Å². The van der Waals surface area contributed by atoms with Crippen molar-refractivity contribution in [3.05, 3.63) is 0 Å². The Balaban J connectivity index is 3.15. The Morgan fingerprint density at radius 2 is 1.53 bits per heavy atom. The zero-order valence-corrected chi connectivity index (χ0v) is 10.2. The number of hydrogen-bond acceptors (Lipinski definition) is 3. The van der Waals surface area contributed by atoms with Crippen LogP contribution in [0.25, 0.3) is 0 Å². The van der Waals surface area contributed by atoms with E-state index in [-0.39, 0.29) is 0 Å². The molecule has 0 aromatic heterocycles. The van der Waals surface area contributed by atoms with Gasteiger partial charge in [0, 0.05) is 12.8 Å². The molecule has 0 aromatic carbocycles. The molecule has 4 nitrogen and oxygen atoms in total. The maximum atomic E-state index is 10.7. The normalized spacial score (nSPS) is 29.8. The van der Waals surface area contributed by atoms with Crippen LogP contribution in [0.4, 0.5) is 0 Å². The molecule has 0 bridgehead atoms. The number of hydroxylamine groups is 3. The van der Waals surface area contributed by atoms with Crippen molar-refractivity contribution in [1.82, 2.24) is 0 Å². The first-order chi connectivity index (χ1) is 6.69. The van der Waals surface area contributed by atoms with E-state index in [0.717, 1.165) is 19.3 Å². The number of quaternary nitrogens is 1. The maximum absolute atomic E-state index is 10.7. The van der Waals surface area contributed by atoms with Crippen molar-refractivity contribution in [2.24, 2.45) is 0 Å². The number of hydrogen-bond donors (Lipinski definition) is 3. The molecule has 1 rings (SSSR count). The highest BCUT2D eigenvalue weighted by Crippen LogP contribution is 2.45. The third-order valence-electron chi connectivity index (χ3n) is 4.02. The number of aliphatic hydroxyl groups is 2. The van der Waals surface area contributed by atoms with Crippen LogP contribution < -0.4 is 0 Å². The molecule has 1 atom stereocenters. The lowest BCUT2D eigenvalue weighted by molar-refractivity contribution is -1.20. The van der Waals surface area contributed by atoms with Crippen LogP contribution in [0.3, 0.4) is 0 Å². The van der Waals surface area contributed by atoms with Gasteiger partial charge in [-0.15, -0.1) is 4.65 Å². The van der Waals surface area contributed by atoms with Crippen molar-refractivity contribution < 1.29 is 20.1 Å². The average molecular weight is 218 g/mol. The van der Waals surface area contributed by atoms with Crippen LogP contribution in [0.2, 0.25) is 0 Å². The van der Waals surface area contributed by atoms with Crippen LogP contribution >= 0.6 is 0 Å². The lowest BCUT2D eigenvalue weighted by Crippen LogP contribution is -2.76. The average Bonchev–Trinajstić information content (AvgIpc) is 2.12. The molecule has 0 saturated carbocycles. The molecule has 0 amide bonds. The molecular formula is C11H24NO3+. The highest BCUT2D eigenvalue weighted by Gasteiger charge is 2.60. The van der Waals surface area contributed by atoms with E-state index in [1.54, 1.807) is 0 Å². The Morgan fingerprint density at radius 1 is 1.13 bits per heavy atom. The summed E-state index contributed by atoms with van der Waals surface area (Å²) in [5, 5.41) is 29.7. The molecule has 1 heterocycles. The largest absolute Gasteiger partial charge is 0.387 e. The summed E-state index contributed by atoms with van der Waals surface area (Å²) in [7, 11) is 0. The molecule has 4 heteroatoms. The van der Waals surface area contributed by atoms with E-state index >= 15 is 0 Å². The van der Waals surface area contributed by atoms with Crippen molar-refractivity contribution in [3.63, 3.8) is 0 Å². The molecule has 1 aliphatic heterocycles. The molecule has 15 heavy (non-hydrogen) atoms. The minimum absolute atomic E-state index is 0.413. The van der Waals surface area contributed by atoms with E-state index in [0.29, 0.717) is 0 Å². The molecule has 1 fully saturated rings. The standard InChI is InChI=1S/C11H24NO3/c1-10(2)6-5-7-11(3,4)12(10,15)9(14)8-13/h9,13-15H,5-8H2,1-4H3/q+1. The van der Waals surface area contributed by atoms with Crippen molar-refractivity contribution in [2.75, 3.05) is 6.61 Å². The Hall–Kier alpha value is -0.160. The lowest BCUT2D eigenvalue weighted by atomic mass is 9.78. The summed E-state index contributed by atoms with van der Waals surface area (Å²) in [4.78, 5) is 0. The van der Waals surface area contributed by atoms with Gasteiger partial charge in [-0.3, -0.25) is 0 Å². The number of rotatable bonds is 2. The first kappa shape index (κ1) is 12.9. The van der Waals surface area contributed by atoms with Gasteiger partial charge < -0.3 is 10.2 Å². The minimum atomic E-state index is -1.13. The van der Waals surface area contributed by atoms with Gasteiger partial charge in [-0.1, -0.05) is 0 Å². The predicted octanol–water partition coefficient (Wildman–Crippen LogP) is 1.24. The van der Waals surface area contributed by atoms with E-state index in [1.807, 2.05) is 27.7 Å². The molecule has 0 aliphatic carbocycles. The van der Waals surface area contributed by atoms with Gasteiger partial charge in [-0.05, 0) is 34.1 Å². The maximum Gasteiger partial charge on any atom is 0.245 e. The molecule has 0 aromatic rings. The van der Waals surface area contributed by atoms with Gasteiger partial charge in [0.1, 0.15) is 17.7 Å². The van der Waals surface area contributed by atoms with Crippen LogP contribution in [-0.4, -0.2) is 44.0 Å². The minimum Gasteiger partial charge on any atom is -0.387 e. The molecule has 1 saturated heterocycles. The summed E-state index contributed by atoms with van der Waals surface area (Å²) in [5.41, 5.74) is -0.853. The topological polar surface area (TPSA) is 60.7 Å². The zero-order valence-electron chi connectivity index (χ0n) is 10.2. The van der Waals surface area contributed by atoms with Gasteiger partial charge in [-0.25, -0.2) is 5.21 Å². The van der Waals surface area contributed by atoms with Crippen LogP contribution in [-0.2, 0) is 0 Å². The summed E-state index contributed by atoms with van der Waals surface area (Å²) in [6, 6.07) is 0. The van der Waals surface area contributed by atoms with Crippen LogP contribution in [0.15, 0.2) is 0 Å². The van der Waals surface area contributed by atoms with Gasteiger partial charge in [-0.2, -0.15) is 0 Å². The Labute approximate surface area is 91.7 Å². The second-order valence-corrected chi connectivity index (χ2v) is 5.83. The van der Waals surface area contributed by atoms with E-state index in [9.17, 15) is 10.3 Å². The molecule has 90 valence electrons. The molecule has 0 spiro atoms. The van der Waals surface area contributed by atoms with E-state index < -0.39 is 28.6 Å². The van der Waals surface area contributed by atoms with Crippen molar-refractivity contribution in [2.45, 2.75) is 64.3 Å². The van der Waals surface area contributed by atoms with Gasteiger partial charge in [0.15, 0.2) is 0 Å². The summed E-state index contributed by atoms with van der Waals surface area (Å²) in [6.07, 6.45) is 1.61. The summed E-state index contributed by atoms with van der Waals surface area (Å²) < 4.78 is -0.462. The lowest BCUT2D eigenvalue weighted by Gasteiger charge is -2.57.